The summed E-state index contributed by atoms with van der Waals surface area (Å²) in [6.45, 7) is 2.58. The zero-order valence-corrected chi connectivity index (χ0v) is 12.5. The van der Waals surface area contributed by atoms with E-state index in [0.29, 0.717) is 34.3 Å². The second kappa shape index (κ2) is 6.99. The van der Waals surface area contributed by atoms with Crippen molar-refractivity contribution < 1.29 is 9.53 Å². The molecule has 0 saturated carbocycles. The Morgan fingerprint density at radius 3 is 2.76 bits per heavy atom. The summed E-state index contributed by atoms with van der Waals surface area (Å²) in [6.07, 6.45) is 0.879. The summed E-state index contributed by atoms with van der Waals surface area (Å²) in [5.74, 6) is 0.321. The third kappa shape index (κ3) is 3.89. The van der Waals surface area contributed by atoms with Crippen LogP contribution < -0.4 is 15.8 Å². The molecule has 0 heterocycles. The van der Waals surface area contributed by atoms with Crippen LogP contribution in [0.15, 0.2) is 42.5 Å². The molecule has 110 valence electrons. The number of carbonyl (C=O) groups excluding carboxylic acids is 1. The molecule has 0 aromatic heterocycles. The Balaban J connectivity index is 2.18. The van der Waals surface area contributed by atoms with Crippen LogP contribution in [0, 0.1) is 0 Å². The van der Waals surface area contributed by atoms with Gasteiger partial charge in [-0.25, -0.2) is 0 Å². The van der Waals surface area contributed by atoms with Gasteiger partial charge in [0.25, 0.3) is 5.91 Å². The molecule has 0 fully saturated rings. The molecule has 2 rings (SSSR count). The Hall–Kier alpha value is -2.20. The van der Waals surface area contributed by atoms with Crippen molar-refractivity contribution in [3.8, 4) is 5.75 Å². The Bertz CT molecular complexity index is 644. The molecule has 2 aromatic rings. The van der Waals surface area contributed by atoms with E-state index in [9.17, 15) is 4.79 Å². The number of rotatable bonds is 5. The van der Waals surface area contributed by atoms with Crippen LogP contribution in [-0.2, 0) is 0 Å². The maximum atomic E-state index is 12.3. The number of carbonyl (C=O) groups is 1. The molecule has 2 aromatic carbocycles. The highest BCUT2D eigenvalue weighted by atomic mass is 35.5. The Labute approximate surface area is 128 Å². The van der Waals surface area contributed by atoms with Crippen molar-refractivity contribution in [1.29, 1.82) is 0 Å². The summed E-state index contributed by atoms with van der Waals surface area (Å²) < 4.78 is 5.58. The fourth-order valence-electron chi connectivity index (χ4n) is 1.81. The van der Waals surface area contributed by atoms with Crippen LogP contribution in [0.3, 0.4) is 0 Å². The summed E-state index contributed by atoms with van der Waals surface area (Å²) >= 11 is 5.86. The first-order valence-corrected chi connectivity index (χ1v) is 7.08. The third-order valence-electron chi connectivity index (χ3n) is 2.85. The summed E-state index contributed by atoms with van der Waals surface area (Å²) in [5.41, 5.74) is 7.22. The minimum Gasteiger partial charge on any atom is -0.493 e. The smallest absolute Gasteiger partial charge is 0.259 e. The van der Waals surface area contributed by atoms with E-state index in [1.54, 1.807) is 36.4 Å². The van der Waals surface area contributed by atoms with E-state index in [-0.39, 0.29) is 5.91 Å². The van der Waals surface area contributed by atoms with Crippen molar-refractivity contribution >= 4 is 28.9 Å². The average molecular weight is 305 g/mol. The first-order valence-electron chi connectivity index (χ1n) is 6.70. The highest BCUT2D eigenvalue weighted by Gasteiger charge is 2.12. The number of hydrogen-bond acceptors (Lipinski definition) is 3. The number of anilines is 2. The highest BCUT2D eigenvalue weighted by molar-refractivity contribution is 6.33. The monoisotopic (exact) mass is 304 g/mol. The number of hydrogen-bond donors (Lipinski definition) is 2. The van der Waals surface area contributed by atoms with E-state index in [1.807, 2.05) is 13.0 Å². The summed E-state index contributed by atoms with van der Waals surface area (Å²) in [6, 6.07) is 12.1. The molecule has 0 aliphatic carbocycles. The summed E-state index contributed by atoms with van der Waals surface area (Å²) in [5, 5.41) is 3.24. The van der Waals surface area contributed by atoms with Gasteiger partial charge in [0.05, 0.1) is 22.9 Å². The number of ether oxygens (including phenoxy) is 1. The molecule has 0 aliphatic rings. The van der Waals surface area contributed by atoms with Crippen molar-refractivity contribution in [2.75, 3.05) is 17.7 Å². The molecule has 1 amide bonds. The second-order valence-corrected chi connectivity index (χ2v) is 4.94. The van der Waals surface area contributed by atoms with Crippen LogP contribution in [0.5, 0.6) is 5.75 Å². The molecule has 4 nitrogen and oxygen atoms in total. The topological polar surface area (TPSA) is 64.3 Å². The molecule has 3 N–H and O–H groups in total. The lowest BCUT2D eigenvalue weighted by atomic mass is 10.1. The number of para-hydroxylation sites is 1. The van der Waals surface area contributed by atoms with Gasteiger partial charge in [0.15, 0.2) is 0 Å². The van der Waals surface area contributed by atoms with Gasteiger partial charge in [0, 0.05) is 5.69 Å². The van der Waals surface area contributed by atoms with Crippen LogP contribution in [0.25, 0.3) is 0 Å². The van der Waals surface area contributed by atoms with Crippen molar-refractivity contribution in [3.05, 3.63) is 53.1 Å². The van der Waals surface area contributed by atoms with Gasteiger partial charge >= 0.3 is 0 Å². The summed E-state index contributed by atoms with van der Waals surface area (Å²) in [7, 11) is 0. The molecule has 0 unspecified atom stereocenters. The van der Waals surface area contributed by atoms with Crippen molar-refractivity contribution in [3.63, 3.8) is 0 Å². The minimum atomic E-state index is -0.247. The average Bonchev–Trinajstić information content (AvgIpc) is 2.49. The Kier molecular flexibility index (Phi) is 5.06. The number of nitrogens with one attached hydrogen (secondary N) is 1. The first kappa shape index (κ1) is 15.2. The van der Waals surface area contributed by atoms with Crippen LogP contribution in [0.2, 0.25) is 5.02 Å². The number of benzene rings is 2. The van der Waals surface area contributed by atoms with Gasteiger partial charge in [0.1, 0.15) is 5.75 Å². The number of halogens is 1. The lowest BCUT2D eigenvalue weighted by Gasteiger charge is -2.11. The second-order valence-electron chi connectivity index (χ2n) is 4.54. The van der Waals surface area contributed by atoms with Crippen LogP contribution in [-0.4, -0.2) is 12.5 Å². The highest BCUT2D eigenvalue weighted by Crippen LogP contribution is 2.24. The predicted octanol–water partition coefficient (Wildman–Crippen LogP) is 3.96. The van der Waals surface area contributed by atoms with Crippen LogP contribution in [0.1, 0.15) is 23.7 Å². The van der Waals surface area contributed by atoms with Crippen molar-refractivity contribution in [2.45, 2.75) is 13.3 Å². The van der Waals surface area contributed by atoms with Gasteiger partial charge in [-0.15, -0.1) is 0 Å². The fraction of sp³-hybridized carbons (Fsp3) is 0.188. The number of amides is 1. The zero-order chi connectivity index (χ0) is 15.2. The molecule has 0 spiro atoms. The lowest BCUT2D eigenvalue weighted by molar-refractivity contribution is 0.102. The third-order valence-corrected chi connectivity index (χ3v) is 3.19. The maximum absolute atomic E-state index is 12.3. The predicted molar refractivity (Wildman–Crippen MR) is 86.0 cm³/mol. The van der Waals surface area contributed by atoms with Crippen molar-refractivity contribution in [2.24, 2.45) is 0 Å². The van der Waals surface area contributed by atoms with E-state index in [1.165, 1.54) is 0 Å². The van der Waals surface area contributed by atoms with Gasteiger partial charge in [-0.3, -0.25) is 4.79 Å². The molecule has 0 radical (unpaired) electrons. The standard InChI is InChI=1S/C16H17ClN2O2/c1-2-9-21-15-6-4-3-5-12(15)16(20)19-11-7-8-13(17)14(18)10-11/h3-8,10H,2,9,18H2,1H3,(H,19,20). The normalized spacial score (nSPS) is 10.2. The Morgan fingerprint density at radius 2 is 2.05 bits per heavy atom. The first-order chi connectivity index (χ1) is 10.1. The fourth-order valence-corrected chi connectivity index (χ4v) is 1.93. The molecular formula is C16H17ClN2O2. The quantitative estimate of drug-likeness (QED) is 0.822. The van der Waals surface area contributed by atoms with E-state index in [0.717, 1.165) is 6.42 Å². The van der Waals surface area contributed by atoms with Gasteiger partial charge in [-0.1, -0.05) is 30.7 Å². The van der Waals surface area contributed by atoms with Crippen LogP contribution in [0.4, 0.5) is 11.4 Å². The lowest BCUT2D eigenvalue weighted by Crippen LogP contribution is -2.14. The van der Waals surface area contributed by atoms with Gasteiger partial charge in [0.2, 0.25) is 0 Å². The van der Waals surface area contributed by atoms with E-state index >= 15 is 0 Å². The van der Waals surface area contributed by atoms with Gasteiger partial charge in [-0.05, 0) is 36.8 Å². The summed E-state index contributed by atoms with van der Waals surface area (Å²) in [4.78, 5) is 12.3. The number of nitrogen functional groups attached to an aromatic ring is 1. The van der Waals surface area contributed by atoms with Gasteiger partial charge in [-0.2, -0.15) is 0 Å². The zero-order valence-electron chi connectivity index (χ0n) is 11.7. The number of nitrogens with two attached hydrogens (primary N) is 1. The Morgan fingerprint density at radius 1 is 1.29 bits per heavy atom. The van der Waals surface area contributed by atoms with Gasteiger partial charge < -0.3 is 15.8 Å². The van der Waals surface area contributed by atoms with E-state index < -0.39 is 0 Å². The SMILES string of the molecule is CCCOc1ccccc1C(=O)Nc1ccc(Cl)c(N)c1. The van der Waals surface area contributed by atoms with E-state index in [4.69, 9.17) is 22.1 Å². The van der Waals surface area contributed by atoms with Crippen LogP contribution >= 0.6 is 11.6 Å². The van der Waals surface area contributed by atoms with Crippen molar-refractivity contribution in [1.82, 2.24) is 0 Å². The molecule has 0 atom stereocenters. The minimum absolute atomic E-state index is 0.247. The molecule has 0 aliphatic heterocycles. The molecule has 0 saturated heterocycles. The molecular weight excluding hydrogens is 288 g/mol. The molecule has 0 bridgehead atoms. The molecule has 21 heavy (non-hydrogen) atoms. The largest absolute Gasteiger partial charge is 0.493 e. The maximum Gasteiger partial charge on any atom is 0.259 e. The molecule has 5 heteroatoms. The van der Waals surface area contributed by atoms with E-state index in [2.05, 4.69) is 5.32 Å².